The molecule has 2 N–H and O–H groups in total. The summed E-state index contributed by atoms with van der Waals surface area (Å²) >= 11 is 0. The fourth-order valence-corrected chi connectivity index (χ4v) is 1.46. The number of nitrogen functional groups attached to an aromatic ring is 1. The summed E-state index contributed by atoms with van der Waals surface area (Å²) in [6.45, 7) is 0. The summed E-state index contributed by atoms with van der Waals surface area (Å²) in [6, 6.07) is 14.6. The third-order valence-corrected chi connectivity index (χ3v) is 2.36. The number of carbonyl (C=O) groups is 1. The van der Waals surface area contributed by atoms with Crippen molar-refractivity contribution < 1.29 is 9.53 Å². The van der Waals surface area contributed by atoms with Crippen LogP contribution in [0.5, 0.6) is 11.5 Å². The highest BCUT2D eigenvalue weighted by molar-refractivity contribution is 5.55. The highest BCUT2D eigenvalue weighted by Crippen LogP contribution is 2.22. The van der Waals surface area contributed by atoms with Crippen molar-refractivity contribution in [1.29, 1.82) is 0 Å². The van der Waals surface area contributed by atoms with Gasteiger partial charge in [0.25, 0.3) is 0 Å². The molecule has 0 bridgehead atoms. The van der Waals surface area contributed by atoms with Gasteiger partial charge in [-0.3, -0.25) is 0 Å². The molecule has 0 aliphatic rings. The molecule has 0 saturated carbocycles. The maximum absolute atomic E-state index is 10.3. The van der Waals surface area contributed by atoms with Crippen LogP contribution in [0.4, 0.5) is 5.69 Å². The van der Waals surface area contributed by atoms with Crippen LogP contribution in [0.3, 0.4) is 0 Å². The smallest absolute Gasteiger partial charge is 0.127 e. The summed E-state index contributed by atoms with van der Waals surface area (Å²) < 4.78 is 5.62. The lowest BCUT2D eigenvalue weighted by Gasteiger charge is -2.06. The first-order valence-corrected chi connectivity index (χ1v) is 5.34. The number of benzene rings is 2. The van der Waals surface area contributed by atoms with Crippen LogP contribution >= 0.6 is 0 Å². The van der Waals surface area contributed by atoms with Gasteiger partial charge < -0.3 is 15.3 Å². The minimum atomic E-state index is 0.433. The number of anilines is 1. The van der Waals surface area contributed by atoms with Crippen LogP contribution in [0.2, 0.25) is 0 Å². The predicted molar refractivity (Wildman–Crippen MR) is 67.1 cm³/mol. The standard InChI is InChI=1S/C14H13NO2/c15-12-3-7-14(8-4-12)17-13-5-1-11(2-6-13)9-10-16/h1-8,10H,9,15H2. The van der Waals surface area contributed by atoms with E-state index in [4.69, 9.17) is 10.5 Å². The largest absolute Gasteiger partial charge is 0.457 e. The molecule has 0 unspecified atom stereocenters. The Labute approximate surface area is 99.8 Å². The second-order valence-corrected chi connectivity index (χ2v) is 3.69. The summed E-state index contributed by atoms with van der Waals surface area (Å²) in [4.78, 5) is 10.3. The molecule has 2 rings (SSSR count). The summed E-state index contributed by atoms with van der Waals surface area (Å²) in [6.07, 6.45) is 1.32. The summed E-state index contributed by atoms with van der Waals surface area (Å²) in [5.41, 5.74) is 7.27. The van der Waals surface area contributed by atoms with E-state index in [2.05, 4.69) is 0 Å². The van der Waals surface area contributed by atoms with Crippen LogP contribution in [0.25, 0.3) is 0 Å². The molecule has 2 aromatic carbocycles. The van der Waals surface area contributed by atoms with Gasteiger partial charge in [-0.1, -0.05) is 12.1 Å². The average molecular weight is 227 g/mol. The van der Waals surface area contributed by atoms with Gasteiger partial charge in [-0.2, -0.15) is 0 Å². The number of nitrogens with two attached hydrogens (primary N) is 1. The molecule has 0 aliphatic heterocycles. The number of carbonyl (C=O) groups excluding carboxylic acids is 1. The molecule has 3 nitrogen and oxygen atoms in total. The van der Waals surface area contributed by atoms with E-state index < -0.39 is 0 Å². The maximum atomic E-state index is 10.3. The molecule has 86 valence electrons. The summed E-state index contributed by atoms with van der Waals surface area (Å²) in [5.74, 6) is 1.48. The number of hydrogen-bond acceptors (Lipinski definition) is 3. The van der Waals surface area contributed by atoms with E-state index in [-0.39, 0.29) is 0 Å². The first-order chi connectivity index (χ1) is 8.28. The Morgan fingerprint density at radius 2 is 1.47 bits per heavy atom. The van der Waals surface area contributed by atoms with Crippen molar-refractivity contribution in [2.45, 2.75) is 6.42 Å². The van der Waals surface area contributed by atoms with Gasteiger partial charge in [0.2, 0.25) is 0 Å². The van der Waals surface area contributed by atoms with Gasteiger partial charge >= 0.3 is 0 Å². The van der Waals surface area contributed by atoms with E-state index in [1.165, 1.54) is 0 Å². The molecule has 0 aliphatic carbocycles. The van der Waals surface area contributed by atoms with E-state index in [0.29, 0.717) is 12.1 Å². The molecule has 0 spiro atoms. The zero-order valence-electron chi connectivity index (χ0n) is 9.30. The maximum Gasteiger partial charge on any atom is 0.127 e. The Morgan fingerprint density at radius 3 is 2.00 bits per heavy atom. The molecular weight excluding hydrogens is 214 g/mol. The highest BCUT2D eigenvalue weighted by atomic mass is 16.5. The van der Waals surface area contributed by atoms with Crippen molar-refractivity contribution in [3.8, 4) is 11.5 Å². The Bertz CT molecular complexity index is 489. The van der Waals surface area contributed by atoms with Crippen LogP contribution in [0.15, 0.2) is 48.5 Å². The average Bonchev–Trinajstić information content (AvgIpc) is 2.35. The molecule has 0 fully saturated rings. The topological polar surface area (TPSA) is 52.3 Å². The third-order valence-electron chi connectivity index (χ3n) is 2.36. The molecule has 17 heavy (non-hydrogen) atoms. The van der Waals surface area contributed by atoms with Gasteiger partial charge in [0.1, 0.15) is 17.8 Å². The highest BCUT2D eigenvalue weighted by Gasteiger charge is 1.97. The first-order valence-electron chi connectivity index (χ1n) is 5.34. The number of hydrogen-bond donors (Lipinski definition) is 1. The van der Waals surface area contributed by atoms with Crippen LogP contribution < -0.4 is 10.5 Å². The zero-order valence-corrected chi connectivity index (χ0v) is 9.30. The second kappa shape index (κ2) is 5.16. The van der Waals surface area contributed by atoms with Gasteiger partial charge in [0.15, 0.2) is 0 Å². The van der Waals surface area contributed by atoms with Crippen LogP contribution in [-0.2, 0) is 11.2 Å². The van der Waals surface area contributed by atoms with E-state index in [9.17, 15) is 4.79 Å². The van der Waals surface area contributed by atoms with Crippen molar-refractivity contribution in [2.24, 2.45) is 0 Å². The quantitative estimate of drug-likeness (QED) is 0.645. The Balaban J connectivity index is 2.08. The van der Waals surface area contributed by atoms with Crippen LogP contribution in [0.1, 0.15) is 5.56 Å². The lowest BCUT2D eigenvalue weighted by atomic mass is 10.2. The molecule has 0 aromatic heterocycles. The van der Waals surface area contributed by atoms with E-state index in [1.807, 2.05) is 36.4 Å². The third kappa shape index (κ3) is 3.08. The van der Waals surface area contributed by atoms with Crippen LogP contribution in [0, 0.1) is 0 Å². The van der Waals surface area contributed by atoms with E-state index in [0.717, 1.165) is 23.3 Å². The van der Waals surface area contributed by atoms with Crippen molar-refractivity contribution in [3.63, 3.8) is 0 Å². The molecule has 0 atom stereocenters. The minimum Gasteiger partial charge on any atom is -0.457 e. The van der Waals surface area contributed by atoms with E-state index in [1.54, 1.807) is 12.1 Å². The van der Waals surface area contributed by atoms with Gasteiger partial charge in [0.05, 0.1) is 0 Å². The molecule has 0 amide bonds. The Hall–Kier alpha value is -2.29. The predicted octanol–water partition coefficient (Wildman–Crippen LogP) is 2.80. The Kier molecular flexibility index (Phi) is 3.40. The molecule has 0 heterocycles. The molecule has 0 radical (unpaired) electrons. The molecule has 3 heteroatoms. The molecular formula is C14H13NO2. The number of rotatable bonds is 4. The van der Waals surface area contributed by atoms with Crippen molar-refractivity contribution in [2.75, 3.05) is 5.73 Å². The minimum absolute atomic E-state index is 0.433. The molecule has 2 aromatic rings. The lowest BCUT2D eigenvalue weighted by Crippen LogP contribution is -1.88. The second-order valence-electron chi connectivity index (χ2n) is 3.69. The fourth-order valence-electron chi connectivity index (χ4n) is 1.46. The van der Waals surface area contributed by atoms with Crippen molar-refractivity contribution in [1.82, 2.24) is 0 Å². The number of ether oxygens (including phenoxy) is 1. The SMILES string of the molecule is Nc1ccc(Oc2ccc(CC=O)cc2)cc1. The van der Waals surface area contributed by atoms with Gasteiger partial charge in [0, 0.05) is 12.1 Å². The zero-order chi connectivity index (χ0) is 12.1. The monoisotopic (exact) mass is 227 g/mol. The first kappa shape index (κ1) is 11.2. The number of aldehydes is 1. The van der Waals surface area contributed by atoms with Gasteiger partial charge in [-0.05, 0) is 42.0 Å². The van der Waals surface area contributed by atoms with E-state index >= 15 is 0 Å². The summed E-state index contributed by atoms with van der Waals surface area (Å²) in [5, 5.41) is 0. The van der Waals surface area contributed by atoms with Crippen molar-refractivity contribution >= 4 is 12.0 Å². The normalized spacial score (nSPS) is 9.88. The van der Waals surface area contributed by atoms with Crippen LogP contribution in [-0.4, -0.2) is 6.29 Å². The fraction of sp³-hybridized carbons (Fsp3) is 0.0714. The summed E-state index contributed by atoms with van der Waals surface area (Å²) in [7, 11) is 0. The lowest BCUT2D eigenvalue weighted by molar-refractivity contribution is -0.107. The van der Waals surface area contributed by atoms with Gasteiger partial charge in [-0.25, -0.2) is 0 Å². The van der Waals surface area contributed by atoms with Crippen molar-refractivity contribution in [3.05, 3.63) is 54.1 Å². The van der Waals surface area contributed by atoms with Gasteiger partial charge in [-0.15, -0.1) is 0 Å². The Morgan fingerprint density at radius 1 is 0.941 bits per heavy atom. The molecule has 0 saturated heterocycles.